The van der Waals surface area contributed by atoms with Gasteiger partial charge in [0.15, 0.2) is 0 Å². The molecular formula is C10H22ClN3O2. The molecule has 0 atom stereocenters. The Bertz CT molecular complexity index is 212. The van der Waals surface area contributed by atoms with Crippen molar-refractivity contribution in [3.05, 3.63) is 0 Å². The number of halogens is 1. The van der Waals surface area contributed by atoms with Crippen LogP contribution in [0, 0.1) is 0 Å². The Morgan fingerprint density at radius 1 is 1.19 bits per heavy atom. The molecule has 0 rings (SSSR count). The van der Waals surface area contributed by atoms with E-state index >= 15 is 0 Å². The minimum Gasteiger partial charge on any atom is -0.353 e. The molecule has 2 amide bonds. The minimum absolute atomic E-state index is 0. The number of hydrogen-bond acceptors (Lipinski definition) is 3. The van der Waals surface area contributed by atoms with Crippen molar-refractivity contribution in [2.24, 2.45) is 0 Å². The van der Waals surface area contributed by atoms with Crippen molar-refractivity contribution in [2.75, 3.05) is 33.2 Å². The first kappa shape index (κ1) is 17.6. The Balaban J connectivity index is 0. The van der Waals surface area contributed by atoms with Gasteiger partial charge in [-0.25, -0.2) is 0 Å². The van der Waals surface area contributed by atoms with Gasteiger partial charge in [0.25, 0.3) is 0 Å². The number of nitrogens with zero attached hydrogens (tertiary/aromatic N) is 1. The van der Waals surface area contributed by atoms with Crippen molar-refractivity contribution < 1.29 is 9.59 Å². The lowest BCUT2D eigenvalue weighted by Crippen LogP contribution is -2.39. The maximum absolute atomic E-state index is 11.3. The van der Waals surface area contributed by atoms with E-state index in [0.29, 0.717) is 6.54 Å². The summed E-state index contributed by atoms with van der Waals surface area (Å²) < 4.78 is 0. The highest BCUT2D eigenvalue weighted by Gasteiger charge is 2.07. The van der Waals surface area contributed by atoms with E-state index in [-0.39, 0.29) is 30.8 Å². The van der Waals surface area contributed by atoms with Crippen molar-refractivity contribution in [1.82, 2.24) is 15.5 Å². The molecule has 0 aromatic heterocycles. The van der Waals surface area contributed by atoms with Gasteiger partial charge in [0, 0.05) is 27.1 Å². The Labute approximate surface area is 103 Å². The average molecular weight is 252 g/mol. The highest BCUT2D eigenvalue weighted by molar-refractivity contribution is 5.85. The second-order valence-electron chi connectivity index (χ2n) is 3.48. The predicted octanol–water partition coefficient (Wildman–Crippen LogP) is 0.00230. The molecule has 0 bridgehead atoms. The second kappa shape index (κ2) is 10.7. The van der Waals surface area contributed by atoms with Gasteiger partial charge in [-0.1, -0.05) is 6.92 Å². The lowest BCUT2D eigenvalue weighted by molar-refractivity contribution is -0.133. The molecule has 16 heavy (non-hydrogen) atoms. The molecule has 0 saturated heterocycles. The van der Waals surface area contributed by atoms with Gasteiger partial charge in [0.05, 0.1) is 6.54 Å². The molecule has 0 aliphatic rings. The normalized spacial score (nSPS) is 9.19. The zero-order chi connectivity index (χ0) is 11.7. The molecule has 5 nitrogen and oxygen atoms in total. The van der Waals surface area contributed by atoms with Crippen LogP contribution in [0.25, 0.3) is 0 Å². The average Bonchev–Trinajstić information content (AvgIpc) is 2.17. The van der Waals surface area contributed by atoms with Gasteiger partial charge in [0.1, 0.15) is 0 Å². The number of likely N-dealkylation sites (N-methyl/N-ethyl adjacent to an activating group) is 1. The highest BCUT2D eigenvalue weighted by Crippen LogP contribution is 1.82. The topological polar surface area (TPSA) is 61.4 Å². The monoisotopic (exact) mass is 251 g/mol. The van der Waals surface area contributed by atoms with Crippen LogP contribution in [0.1, 0.15) is 20.3 Å². The van der Waals surface area contributed by atoms with E-state index in [9.17, 15) is 9.59 Å². The SMILES string of the molecule is CCCNCCNC(=O)CN(C)C(C)=O.Cl. The molecule has 0 radical (unpaired) electrons. The van der Waals surface area contributed by atoms with Crippen LogP contribution in [0.4, 0.5) is 0 Å². The third-order valence-electron chi connectivity index (χ3n) is 1.97. The first-order valence-electron chi connectivity index (χ1n) is 5.27. The predicted molar refractivity (Wildman–Crippen MR) is 66.7 cm³/mol. The summed E-state index contributed by atoms with van der Waals surface area (Å²) in [5, 5.41) is 5.90. The van der Waals surface area contributed by atoms with E-state index in [0.717, 1.165) is 19.5 Å². The van der Waals surface area contributed by atoms with E-state index in [2.05, 4.69) is 17.6 Å². The third kappa shape index (κ3) is 9.73. The Morgan fingerprint density at radius 2 is 1.81 bits per heavy atom. The van der Waals surface area contributed by atoms with Crippen LogP contribution in [0.5, 0.6) is 0 Å². The van der Waals surface area contributed by atoms with Crippen molar-refractivity contribution >= 4 is 24.2 Å². The van der Waals surface area contributed by atoms with Crippen LogP contribution >= 0.6 is 12.4 Å². The molecule has 0 heterocycles. The van der Waals surface area contributed by atoms with Gasteiger partial charge in [-0.3, -0.25) is 9.59 Å². The fourth-order valence-electron chi connectivity index (χ4n) is 0.975. The summed E-state index contributed by atoms with van der Waals surface area (Å²) in [6.07, 6.45) is 1.08. The van der Waals surface area contributed by atoms with E-state index < -0.39 is 0 Å². The molecular weight excluding hydrogens is 230 g/mol. The molecule has 0 aliphatic heterocycles. The molecule has 0 unspecified atom stereocenters. The van der Waals surface area contributed by atoms with Crippen LogP contribution in [-0.4, -0.2) is 49.9 Å². The zero-order valence-electron chi connectivity index (χ0n) is 10.2. The van der Waals surface area contributed by atoms with Crippen molar-refractivity contribution in [2.45, 2.75) is 20.3 Å². The first-order valence-corrected chi connectivity index (χ1v) is 5.27. The Morgan fingerprint density at radius 3 is 2.31 bits per heavy atom. The molecule has 0 aromatic carbocycles. The maximum atomic E-state index is 11.3. The van der Waals surface area contributed by atoms with E-state index in [1.807, 2.05) is 0 Å². The van der Waals surface area contributed by atoms with Crippen LogP contribution in [-0.2, 0) is 9.59 Å². The summed E-state index contributed by atoms with van der Waals surface area (Å²) in [7, 11) is 1.61. The quantitative estimate of drug-likeness (QED) is 0.627. The number of rotatable bonds is 7. The van der Waals surface area contributed by atoms with Crippen LogP contribution in [0.3, 0.4) is 0 Å². The van der Waals surface area contributed by atoms with Gasteiger partial charge in [-0.05, 0) is 13.0 Å². The largest absolute Gasteiger partial charge is 0.353 e. The molecule has 0 fully saturated rings. The van der Waals surface area contributed by atoms with Crippen molar-refractivity contribution in [3.8, 4) is 0 Å². The van der Waals surface area contributed by atoms with Crippen LogP contribution in [0.15, 0.2) is 0 Å². The van der Waals surface area contributed by atoms with Crippen LogP contribution in [0.2, 0.25) is 0 Å². The first-order chi connectivity index (χ1) is 7.07. The molecule has 0 aromatic rings. The molecule has 0 spiro atoms. The van der Waals surface area contributed by atoms with E-state index in [1.165, 1.54) is 11.8 Å². The summed E-state index contributed by atoms with van der Waals surface area (Å²) in [4.78, 5) is 23.5. The molecule has 0 aliphatic carbocycles. The number of hydrogen-bond donors (Lipinski definition) is 2. The number of amides is 2. The second-order valence-corrected chi connectivity index (χ2v) is 3.48. The lowest BCUT2D eigenvalue weighted by Gasteiger charge is -2.14. The summed E-state index contributed by atoms with van der Waals surface area (Å²) in [5.74, 6) is -0.222. The molecule has 96 valence electrons. The maximum Gasteiger partial charge on any atom is 0.239 e. The Kier molecular flexibility index (Phi) is 11.8. The minimum atomic E-state index is -0.119. The third-order valence-corrected chi connectivity index (χ3v) is 1.97. The van der Waals surface area contributed by atoms with Crippen molar-refractivity contribution in [1.29, 1.82) is 0 Å². The fraction of sp³-hybridized carbons (Fsp3) is 0.800. The number of carbonyl (C=O) groups excluding carboxylic acids is 2. The molecule has 0 saturated carbocycles. The van der Waals surface area contributed by atoms with E-state index in [4.69, 9.17) is 0 Å². The lowest BCUT2D eigenvalue weighted by atomic mass is 10.4. The van der Waals surface area contributed by atoms with Gasteiger partial charge in [-0.2, -0.15) is 0 Å². The van der Waals surface area contributed by atoms with Gasteiger partial charge >= 0.3 is 0 Å². The summed E-state index contributed by atoms with van der Waals surface area (Å²) in [6, 6.07) is 0. The number of nitrogens with one attached hydrogen (secondary N) is 2. The van der Waals surface area contributed by atoms with Gasteiger partial charge in [0.2, 0.25) is 11.8 Å². The summed E-state index contributed by atoms with van der Waals surface area (Å²) >= 11 is 0. The molecule has 2 N–H and O–H groups in total. The summed E-state index contributed by atoms with van der Waals surface area (Å²) in [6.45, 7) is 5.99. The molecule has 6 heteroatoms. The van der Waals surface area contributed by atoms with Crippen LogP contribution < -0.4 is 10.6 Å². The number of carbonyl (C=O) groups is 2. The highest BCUT2D eigenvalue weighted by atomic mass is 35.5. The zero-order valence-corrected chi connectivity index (χ0v) is 11.0. The summed E-state index contributed by atoms with van der Waals surface area (Å²) in [5.41, 5.74) is 0. The Hall–Kier alpha value is -0.810. The van der Waals surface area contributed by atoms with Gasteiger partial charge in [-0.15, -0.1) is 12.4 Å². The van der Waals surface area contributed by atoms with Gasteiger partial charge < -0.3 is 15.5 Å². The fourth-order valence-corrected chi connectivity index (χ4v) is 0.975. The smallest absolute Gasteiger partial charge is 0.239 e. The van der Waals surface area contributed by atoms with Crippen molar-refractivity contribution in [3.63, 3.8) is 0 Å². The van der Waals surface area contributed by atoms with E-state index in [1.54, 1.807) is 7.05 Å². The standard InChI is InChI=1S/C10H21N3O2.ClH/c1-4-5-11-6-7-12-10(15)8-13(3)9(2)14;/h11H,4-8H2,1-3H3,(H,12,15);1H.